The van der Waals surface area contributed by atoms with E-state index in [1.54, 1.807) is 26.5 Å². The van der Waals surface area contributed by atoms with E-state index in [0.717, 1.165) is 80.5 Å². The van der Waals surface area contributed by atoms with Crippen molar-refractivity contribution >= 4 is 40.8 Å². The molecule has 0 atom stereocenters. The molecule has 0 radical (unpaired) electrons. The third-order valence-corrected chi connectivity index (χ3v) is 8.19. The maximum absolute atomic E-state index is 10.9. The number of halogens is 1. The number of hydrogen-bond acceptors (Lipinski definition) is 9. The highest BCUT2D eigenvalue weighted by Crippen LogP contribution is 2.38. The lowest BCUT2D eigenvalue weighted by Crippen LogP contribution is -2.47. The molecule has 2 aliphatic rings. The summed E-state index contributed by atoms with van der Waals surface area (Å²) in [6.07, 6.45) is 6.30. The van der Waals surface area contributed by atoms with Crippen LogP contribution in [0.1, 0.15) is 12.8 Å². The summed E-state index contributed by atoms with van der Waals surface area (Å²) in [5.41, 5.74) is 3.51. The van der Waals surface area contributed by atoms with E-state index in [2.05, 4.69) is 37.1 Å². The van der Waals surface area contributed by atoms with Crippen molar-refractivity contribution in [3.8, 4) is 22.8 Å². The van der Waals surface area contributed by atoms with Crippen molar-refractivity contribution in [1.29, 1.82) is 0 Å². The van der Waals surface area contributed by atoms with Gasteiger partial charge in [-0.15, -0.1) is 0 Å². The maximum Gasteiger partial charge on any atom is 0.404 e. The van der Waals surface area contributed by atoms with Gasteiger partial charge in [-0.25, -0.2) is 14.8 Å². The third-order valence-electron chi connectivity index (χ3n) is 7.90. The number of methoxy groups -OCH3 is 2. The number of imidazole rings is 1. The van der Waals surface area contributed by atoms with Gasteiger partial charge in [0.15, 0.2) is 0 Å². The Bertz CT molecular complexity index is 1580. The number of carboxylic acid groups (broad SMARTS) is 1. The number of benzene rings is 1. The van der Waals surface area contributed by atoms with Crippen molar-refractivity contribution in [2.75, 3.05) is 68.2 Å². The van der Waals surface area contributed by atoms with Crippen LogP contribution in [0.15, 0.2) is 48.9 Å². The lowest BCUT2D eigenvalue weighted by molar-refractivity contribution is 0.187. The van der Waals surface area contributed by atoms with Crippen LogP contribution in [0.2, 0.25) is 5.02 Å². The summed E-state index contributed by atoms with van der Waals surface area (Å²) in [4.78, 5) is 31.9. The Morgan fingerprint density at radius 2 is 1.69 bits per heavy atom. The van der Waals surface area contributed by atoms with E-state index in [0.29, 0.717) is 22.5 Å². The Morgan fingerprint density at radius 1 is 0.952 bits per heavy atom. The van der Waals surface area contributed by atoms with Crippen LogP contribution in [0.5, 0.6) is 11.5 Å². The number of amides is 1. The van der Waals surface area contributed by atoms with Gasteiger partial charge in [0, 0.05) is 87.3 Å². The van der Waals surface area contributed by atoms with Crippen LogP contribution < -0.4 is 29.5 Å². The molecule has 0 spiro atoms. The average Bonchev–Trinajstić information content (AvgIpc) is 3.45. The average molecular weight is 593 g/mol. The van der Waals surface area contributed by atoms with E-state index in [4.69, 9.17) is 36.1 Å². The molecular formula is C29H33ClN8O4. The van der Waals surface area contributed by atoms with E-state index in [9.17, 15) is 4.79 Å². The monoisotopic (exact) mass is 592 g/mol. The zero-order valence-electron chi connectivity index (χ0n) is 23.5. The minimum absolute atomic E-state index is 0.0217. The molecule has 0 aliphatic carbocycles. The Hall–Kier alpha value is -4.45. The molecule has 4 aromatic rings. The first-order valence-corrected chi connectivity index (χ1v) is 14.3. The summed E-state index contributed by atoms with van der Waals surface area (Å²) in [5.74, 6) is 2.80. The highest BCUT2D eigenvalue weighted by atomic mass is 35.5. The van der Waals surface area contributed by atoms with E-state index < -0.39 is 6.09 Å². The van der Waals surface area contributed by atoms with Gasteiger partial charge < -0.3 is 39.0 Å². The minimum atomic E-state index is -0.972. The molecule has 42 heavy (non-hydrogen) atoms. The van der Waals surface area contributed by atoms with E-state index in [-0.39, 0.29) is 6.04 Å². The normalized spacial score (nSPS) is 16.1. The Morgan fingerprint density at radius 3 is 2.40 bits per heavy atom. The van der Waals surface area contributed by atoms with E-state index in [1.165, 1.54) is 0 Å². The highest BCUT2D eigenvalue weighted by Gasteiger charge is 2.24. The number of carbonyl (C=O) groups is 1. The van der Waals surface area contributed by atoms with Gasteiger partial charge in [-0.2, -0.15) is 4.98 Å². The summed E-state index contributed by atoms with van der Waals surface area (Å²) >= 11 is 6.40. The number of rotatable bonds is 7. The molecule has 220 valence electrons. The molecule has 12 nitrogen and oxygen atoms in total. The summed E-state index contributed by atoms with van der Waals surface area (Å²) in [6, 6.07) is 9.73. The van der Waals surface area contributed by atoms with Gasteiger partial charge in [0.25, 0.3) is 0 Å². The molecule has 6 rings (SSSR count). The topological polar surface area (TPSA) is 121 Å². The maximum atomic E-state index is 10.9. The van der Waals surface area contributed by atoms with Gasteiger partial charge in [0.05, 0.1) is 24.9 Å². The molecular weight excluding hydrogens is 560 g/mol. The zero-order chi connectivity index (χ0) is 29.2. The largest absolute Gasteiger partial charge is 0.496 e. The van der Waals surface area contributed by atoms with Crippen LogP contribution in [0.25, 0.3) is 16.9 Å². The van der Waals surface area contributed by atoms with Gasteiger partial charge in [-0.3, -0.25) is 0 Å². The second kappa shape index (κ2) is 11.8. The van der Waals surface area contributed by atoms with Crippen molar-refractivity contribution in [2.45, 2.75) is 18.9 Å². The van der Waals surface area contributed by atoms with Gasteiger partial charge in [-0.1, -0.05) is 11.6 Å². The fourth-order valence-electron chi connectivity index (χ4n) is 5.62. The number of hydrogen-bond donors (Lipinski definition) is 2. The number of fused-ring (bicyclic) bond motifs is 1. The molecule has 1 amide bonds. The van der Waals surface area contributed by atoms with Gasteiger partial charge in [0.1, 0.15) is 23.0 Å². The summed E-state index contributed by atoms with van der Waals surface area (Å²) < 4.78 is 12.9. The van der Waals surface area contributed by atoms with Crippen LogP contribution in [0, 0.1) is 0 Å². The first-order valence-electron chi connectivity index (χ1n) is 13.9. The summed E-state index contributed by atoms with van der Waals surface area (Å²) in [5, 5.41) is 12.1. The number of piperazine rings is 1. The van der Waals surface area contributed by atoms with Crippen LogP contribution >= 0.6 is 11.6 Å². The first kappa shape index (κ1) is 27.7. The second-order valence-electron chi connectivity index (χ2n) is 10.4. The molecule has 1 aromatic carbocycles. The van der Waals surface area contributed by atoms with Crippen molar-refractivity contribution in [1.82, 2.24) is 24.7 Å². The van der Waals surface area contributed by atoms with Crippen molar-refractivity contribution in [3.63, 3.8) is 0 Å². The number of anilines is 3. The van der Waals surface area contributed by atoms with Crippen molar-refractivity contribution < 1.29 is 19.4 Å². The van der Waals surface area contributed by atoms with Gasteiger partial charge in [-0.05, 0) is 31.0 Å². The van der Waals surface area contributed by atoms with Crippen molar-refractivity contribution in [3.05, 3.63) is 53.9 Å². The zero-order valence-corrected chi connectivity index (χ0v) is 24.3. The Kier molecular flexibility index (Phi) is 7.79. The number of nitrogens with one attached hydrogen (secondary N) is 1. The summed E-state index contributed by atoms with van der Waals surface area (Å²) in [6.45, 7) is 4.78. The number of pyridine rings is 1. The summed E-state index contributed by atoms with van der Waals surface area (Å²) in [7, 11) is 3.19. The molecule has 2 fully saturated rings. The van der Waals surface area contributed by atoms with Crippen molar-refractivity contribution in [2.24, 2.45) is 0 Å². The second-order valence-corrected chi connectivity index (χ2v) is 10.8. The molecule has 3 aromatic heterocycles. The van der Waals surface area contributed by atoms with Crippen LogP contribution in [-0.2, 0) is 0 Å². The van der Waals surface area contributed by atoms with Crippen LogP contribution in [-0.4, -0.2) is 90.1 Å². The molecule has 13 heteroatoms. The number of nitrogens with zero attached hydrogens (tertiary/aromatic N) is 7. The highest BCUT2D eigenvalue weighted by molar-refractivity contribution is 6.32. The molecule has 2 saturated heterocycles. The number of piperidine rings is 1. The first-order chi connectivity index (χ1) is 20.4. The quantitative estimate of drug-likeness (QED) is 0.325. The number of aromatic nitrogens is 4. The predicted molar refractivity (Wildman–Crippen MR) is 162 cm³/mol. The molecule has 0 bridgehead atoms. The van der Waals surface area contributed by atoms with E-state index >= 15 is 0 Å². The molecule has 0 saturated carbocycles. The Balaban J connectivity index is 1.12. The lowest BCUT2D eigenvalue weighted by Gasteiger charge is -2.37. The van der Waals surface area contributed by atoms with Gasteiger partial charge >= 0.3 is 6.09 Å². The lowest BCUT2D eigenvalue weighted by atomic mass is 10.1. The SMILES string of the molecule is COc1cc(OC)c(-c2cn3ccc(N4CCN(c5ccnc(N6CCC(NC(=O)O)CC6)n5)CC4)cc3n2)cc1Cl. The third kappa shape index (κ3) is 5.67. The fraction of sp³-hybridized carbons (Fsp3) is 0.379. The molecule has 5 heterocycles. The smallest absolute Gasteiger partial charge is 0.404 e. The fourth-order valence-corrected chi connectivity index (χ4v) is 5.86. The van der Waals surface area contributed by atoms with Crippen LogP contribution in [0.4, 0.5) is 22.2 Å². The van der Waals surface area contributed by atoms with Gasteiger partial charge in [0.2, 0.25) is 5.95 Å². The molecule has 2 N–H and O–H groups in total. The van der Waals surface area contributed by atoms with Crippen LogP contribution in [0.3, 0.4) is 0 Å². The van der Waals surface area contributed by atoms with E-state index in [1.807, 2.05) is 28.9 Å². The molecule has 0 unspecified atom stereocenters. The Labute approximate surface area is 248 Å². The number of ether oxygens (including phenoxy) is 2. The standard InChI is InChI=1S/C29H33ClN8O4/c1-41-24-17-25(42-2)22(30)16-21(24)23-18-38-10-6-20(15-27(38)33-23)35-11-13-36(14-12-35)26-3-7-31-28(34-26)37-8-4-19(5-9-37)32-29(39)40/h3,6-7,10,15-19,32H,4-5,8-9,11-14H2,1-2H3,(H,39,40). The predicted octanol–water partition coefficient (Wildman–Crippen LogP) is 4.02. The minimum Gasteiger partial charge on any atom is -0.496 e. The molecule has 2 aliphatic heterocycles.